The minimum absolute atomic E-state index is 0.0152. The molecule has 0 unspecified atom stereocenters. The predicted molar refractivity (Wildman–Crippen MR) is 184 cm³/mol. The summed E-state index contributed by atoms with van der Waals surface area (Å²) in [5.74, 6) is 0. The van der Waals surface area contributed by atoms with Gasteiger partial charge in [0.05, 0.1) is 5.41 Å². The number of hydrogen-bond acceptors (Lipinski definition) is 0. The summed E-state index contributed by atoms with van der Waals surface area (Å²) in [4.78, 5) is 0. The summed E-state index contributed by atoms with van der Waals surface area (Å²) in [6, 6.07) is 39.1. The van der Waals surface area contributed by atoms with Crippen LogP contribution in [0.3, 0.4) is 0 Å². The molecular formula is C42H41Cl. The van der Waals surface area contributed by atoms with Gasteiger partial charge in [0, 0.05) is 10.4 Å². The van der Waals surface area contributed by atoms with E-state index in [1.54, 1.807) is 0 Å². The van der Waals surface area contributed by atoms with E-state index in [4.69, 9.17) is 11.6 Å². The van der Waals surface area contributed by atoms with E-state index in [9.17, 15) is 0 Å². The summed E-state index contributed by atoms with van der Waals surface area (Å²) in [5.41, 5.74) is 15.0. The third-order valence-corrected chi connectivity index (χ3v) is 10.4. The van der Waals surface area contributed by atoms with Crippen molar-refractivity contribution in [3.63, 3.8) is 0 Å². The number of hydrogen-bond donors (Lipinski definition) is 0. The SMILES string of the molecule is CC(C)(C)c1ccc2c(c1)C(c1ccccc1)(c1cc(Cl)c3c(c1)-c1ccccc1C3(C)C)c1cc(C(C)(C)C)ccc1-2. The Balaban J connectivity index is 1.66. The van der Waals surface area contributed by atoms with Crippen molar-refractivity contribution in [1.29, 1.82) is 0 Å². The van der Waals surface area contributed by atoms with Crippen LogP contribution < -0.4 is 0 Å². The highest BCUT2D eigenvalue weighted by molar-refractivity contribution is 6.32. The van der Waals surface area contributed by atoms with Gasteiger partial charge in [-0.05, 0) is 89.7 Å². The number of fused-ring (bicyclic) bond motifs is 6. The van der Waals surface area contributed by atoms with Gasteiger partial charge in [0.2, 0.25) is 0 Å². The standard InChI is InChI=1S/C42H41Cl/c1-39(2,3)27-18-20-31-32-21-19-28(40(4,5)6)24-36(32)42(35(31)23-27,26-14-10-9-11-15-26)29-22-33-30-16-12-13-17-34(30)41(7,8)38(33)37(43)25-29/h9-25H,1-8H3. The smallest absolute Gasteiger partial charge is 0.0714 e. The zero-order valence-corrected chi connectivity index (χ0v) is 27.4. The zero-order valence-electron chi connectivity index (χ0n) is 26.7. The topological polar surface area (TPSA) is 0 Å². The summed E-state index contributed by atoms with van der Waals surface area (Å²) < 4.78 is 0. The van der Waals surface area contributed by atoms with Gasteiger partial charge in [-0.15, -0.1) is 0 Å². The highest BCUT2D eigenvalue weighted by Gasteiger charge is 2.48. The molecule has 0 saturated heterocycles. The van der Waals surface area contributed by atoms with E-state index in [0.717, 1.165) is 5.02 Å². The maximum absolute atomic E-state index is 7.44. The lowest BCUT2D eigenvalue weighted by atomic mass is 9.65. The molecule has 43 heavy (non-hydrogen) atoms. The van der Waals surface area contributed by atoms with Gasteiger partial charge >= 0.3 is 0 Å². The first kappa shape index (κ1) is 28.2. The summed E-state index contributed by atoms with van der Waals surface area (Å²) in [6.07, 6.45) is 0. The van der Waals surface area contributed by atoms with Crippen molar-refractivity contribution in [2.45, 2.75) is 77.0 Å². The largest absolute Gasteiger partial charge is 0.0840 e. The first-order chi connectivity index (χ1) is 20.3. The molecule has 5 aromatic carbocycles. The summed E-state index contributed by atoms with van der Waals surface area (Å²) in [6.45, 7) is 18.5. The highest BCUT2D eigenvalue weighted by Crippen LogP contribution is 2.60. The van der Waals surface area contributed by atoms with E-state index in [-0.39, 0.29) is 16.2 Å². The van der Waals surface area contributed by atoms with E-state index in [0.29, 0.717) is 0 Å². The monoisotopic (exact) mass is 580 g/mol. The van der Waals surface area contributed by atoms with Crippen molar-refractivity contribution in [3.05, 3.63) is 153 Å². The first-order valence-corrected chi connectivity index (χ1v) is 15.9. The summed E-state index contributed by atoms with van der Waals surface area (Å²) in [5, 5.41) is 0.845. The molecule has 0 aliphatic heterocycles. The Labute approximate surface area is 262 Å². The van der Waals surface area contributed by atoms with Gasteiger partial charge in [-0.1, -0.05) is 158 Å². The second kappa shape index (κ2) is 9.20. The molecule has 7 rings (SSSR count). The zero-order chi connectivity index (χ0) is 30.5. The van der Waals surface area contributed by atoms with Gasteiger partial charge in [0.15, 0.2) is 0 Å². The molecule has 0 nitrogen and oxygen atoms in total. The molecule has 0 N–H and O–H groups in total. The molecule has 0 heterocycles. The normalized spacial score (nSPS) is 15.9. The fourth-order valence-electron chi connectivity index (χ4n) is 7.80. The van der Waals surface area contributed by atoms with E-state index in [1.807, 2.05) is 0 Å². The van der Waals surface area contributed by atoms with Crippen LogP contribution in [-0.2, 0) is 21.7 Å². The Morgan fingerprint density at radius 2 is 1.00 bits per heavy atom. The molecule has 0 spiro atoms. The maximum atomic E-state index is 7.44. The van der Waals surface area contributed by atoms with Crippen LogP contribution in [0.2, 0.25) is 5.02 Å². The third-order valence-electron chi connectivity index (χ3n) is 10.1. The second-order valence-electron chi connectivity index (χ2n) is 15.2. The van der Waals surface area contributed by atoms with Crippen molar-refractivity contribution in [2.75, 3.05) is 0 Å². The molecule has 0 saturated carbocycles. The average Bonchev–Trinajstić information content (AvgIpc) is 3.38. The lowest BCUT2D eigenvalue weighted by Crippen LogP contribution is -2.30. The van der Waals surface area contributed by atoms with Crippen LogP contribution in [-0.4, -0.2) is 0 Å². The van der Waals surface area contributed by atoms with Crippen molar-refractivity contribution in [3.8, 4) is 22.3 Å². The van der Waals surface area contributed by atoms with E-state index in [1.165, 1.54) is 66.8 Å². The minimum Gasteiger partial charge on any atom is -0.0840 e. The second-order valence-corrected chi connectivity index (χ2v) is 15.6. The Bertz CT molecular complexity index is 1840. The van der Waals surface area contributed by atoms with Gasteiger partial charge in [0.25, 0.3) is 0 Å². The highest BCUT2D eigenvalue weighted by atomic mass is 35.5. The van der Waals surface area contributed by atoms with Crippen molar-refractivity contribution < 1.29 is 0 Å². The van der Waals surface area contributed by atoms with Crippen molar-refractivity contribution in [2.24, 2.45) is 0 Å². The molecule has 216 valence electrons. The fourth-order valence-corrected chi connectivity index (χ4v) is 8.26. The average molecular weight is 581 g/mol. The van der Waals surface area contributed by atoms with Gasteiger partial charge in [-0.25, -0.2) is 0 Å². The van der Waals surface area contributed by atoms with Gasteiger partial charge < -0.3 is 0 Å². The number of halogens is 1. The minimum atomic E-state index is -0.519. The van der Waals surface area contributed by atoms with E-state index >= 15 is 0 Å². The summed E-state index contributed by atoms with van der Waals surface area (Å²) in [7, 11) is 0. The molecule has 2 aliphatic rings. The van der Waals surface area contributed by atoms with Crippen molar-refractivity contribution in [1.82, 2.24) is 0 Å². The van der Waals surface area contributed by atoms with Crippen LogP contribution in [0, 0.1) is 0 Å². The Morgan fingerprint density at radius 1 is 0.488 bits per heavy atom. The quantitative estimate of drug-likeness (QED) is 0.191. The maximum Gasteiger partial charge on any atom is 0.0714 e. The first-order valence-electron chi connectivity index (χ1n) is 15.6. The molecule has 0 radical (unpaired) electrons. The van der Waals surface area contributed by atoms with Crippen LogP contribution >= 0.6 is 11.6 Å². The Kier molecular flexibility index (Phi) is 6.03. The van der Waals surface area contributed by atoms with Crippen LogP contribution in [0.25, 0.3) is 22.3 Å². The predicted octanol–water partition coefficient (Wildman–Crippen LogP) is 11.6. The lowest BCUT2D eigenvalue weighted by molar-refractivity contribution is 0.586. The summed E-state index contributed by atoms with van der Waals surface area (Å²) >= 11 is 7.44. The Morgan fingerprint density at radius 3 is 1.56 bits per heavy atom. The number of rotatable bonds is 2. The van der Waals surface area contributed by atoms with Crippen LogP contribution in [0.4, 0.5) is 0 Å². The fraction of sp³-hybridized carbons (Fsp3) is 0.286. The van der Waals surface area contributed by atoms with Crippen molar-refractivity contribution >= 4 is 11.6 Å². The molecular weight excluding hydrogens is 540 g/mol. The van der Waals surface area contributed by atoms with Crippen LogP contribution in [0.15, 0.2) is 103 Å². The van der Waals surface area contributed by atoms with Crippen LogP contribution in [0.1, 0.15) is 99.9 Å². The molecule has 0 aromatic heterocycles. The molecule has 1 heteroatoms. The number of benzene rings is 5. The molecule has 0 amide bonds. The van der Waals surface area contributed by atoms with Crippen LogP contribution in [0.5, 0.6) is 0 Å². The van der Waals surface area contributed by atoms with Gasteiger partial charge in [0.1, 0.15) is 0 Å². The third kappa shape index (κ3) is 3.95. The molecule has 5 aromatic rings. The lowest BCUT2D eigenvalue weighted by Gasteiger charge is -2.36. The van der Waals surface area contributed by atoms with Gasteiger partial charge in [-0.2, -0.15) is 0 Å². The molecule has 0 bridgehead atoms. The molecule has 0 fully saturated rings. The van der Waals surface area contributed by atoms with Gasteiger partial charge in [-0.3, -0.25) is 0 Å². The molecule has 0 atom stereocenters. The molecule has 2 aliphatic carbocycles. The Hall–Kier alpha value is -3.61. The van der Waals surface area contributed by atoms with E-state index < -0.39 is 5.41 Å². The van der Waals surface area contributed by atoms with E-state index in [2.05, 4.69) is 159 Å².